The quantitative estimate of drug-likeness (QED) is 0.670. The molecule has 0 unspecified atom stereocenters. The number of benzene rings is 2. The molecular weight excluding hydrogens is 380 g/mol. The molecule has 1 fully saturated rings. The van der Waals surface area contributed by atoms with Crippen LogP contribution in [0.1, 0.15) is 28.4 Å². The van der Waals surface area contributed by atoms with E-state index in [1.165, 1.54) is 0 Å². The second-order valence-corrected chi connectivity index (χ2v) is 7.66. The first-order valence-electron chi connectivity index (χ1n) is 10.3. The average Bonchev–Trinajstić information content (AvgIpc) is 3.29. The number of aromatic hydroxyl groups is 1. The number of para-hydroxylation sites is 1. The van der Waals surface area contributed by atoms with Crippen LogP contribution in [0.3, 0.4) is 0 Å². The van der Waals surface area contributed by atoms with Gasteiger partial charge in [0, 0.05) is 48.8 Å². The average molecular weight is 404 g/mol. The minimum Gasteiger partial charge on any atom is -0.507 e. The Kier molecular flexibility index (Phi) is 4.81. The highest BCUT2D eigenvalue weighted by Gasteiger charge is 2.32. The Bertz CT molecular complexity index is 1160. The van der Waals surface area contributed by atoms with Gasteiger partial charge in [0.15, 0.2) is 5.76 Å². The Labute approximate surface area is 174 Å². The summed E-state index contributed by atoms with van der Waals surface area (Å²) in [6.45, 7) is 6.37. The number of fused-ring (bicyclic) bond motifs is 2. The first-order valence-corrected chi connectivity index (χ1v) is 10.3. The van der Waals surface area contributed by atoms with Crippen molar-refractivity contribution in [2.24, 2.45) is 0 Å². The molecule has 0 amide bonds. The fourth-order valence-corrected chi connectivity index (χ4v) is 4.23. The molecule has 0 aliphatic carbocycles. The topological polar surface area (TPSA) is 63.9 Å². The van der Waals surface area contributed by atoms with E-state index in [1.54, 1.807) is 12.1 Å². The predicted molar refractivity (Wildman–Crippen MR) is 115 cm³/mol. The Morgan fingerprint density at radius 1 is 1.13 bits per heavy atom. The lowest BCUT2D eigenvalue weighted by Gasteiger charge is -2.27. The second kappa shape index (κ2) is 7.63. The number of rotatable bonds is 4. The smallest absolute Gasteiger partial charge is 0.231 e. The number of Topliss-reactive ketones (excluding diaryl/α,β-unsaturated/α-hetero) is 1. The molecule has 5 rings (SSSR count). The van der Waals surface area contributed by atoms with E-state index in [-0.39, 0.29) is 17.3 Å². The maximum Gasteiger partial charge on any atom is 0.231 e. The summed E-state index contributed by atoms with van der Waals surface area (Å²) in [4.78, 5) is 15.3. The van der Waals surface area contributed by atoms with Crippen LogP contribution in [0.25, 0.3) is 17.0 Å². The van der Waals surface area contributed by atoms with E-state index in [4.69, 9.17) is 9.47 Å². The molecule has 6 heteroatoms. The number of nitrogens with zero attached hydrogens (tertiary/aromatic N) is 2. The van der Waals surface area contributed by atoms with Gasteiger partial charge in [-0.25, -0.2) is 0 Å². The van der Waals surface area contributed by atoms with Crippen molar-refractivity contribution < 1.29 is 19.4 Å². The molecule has 0 bridgehead atoms. The Morgan fingerprint density at radius 2 is 1.93 bits per heavy atom. The fraction of sp³-hybridized carbons (Fsp3) is 0.292. The number of morpholine rings is 1. The number of phenols is 1. The van der Waals surface area contributed by atoms with Crippen LogP contribution in [-0.2, 0) is 17.8 Å². The summed E-state index contributed by atoms with van der Waals surface area (Å²) in [5.74, 6) is 0.758. The molecule has 2 aromatic carbocycles. The minimum absolute atomic E-state index is 0.150. The SMILES string of the molecule is CCn1cc(/C=C2\Oc3c(ccc(O)c3CN3CCOCC3)C2=O)c2ccccc21. The summed E-state index contributed by atoms with van der Waals surface area (Å²) in [6, 6.07) is 11.4. The van der Waals surface area contributed by atoms with Crippen molar-refractivity contribution >= 4 is 22.8 Å². The number of ketones is 1. The van der Waals surface area contributed by atoms with E-state index in [0.29, 0.717) is 36.6 Å². The Balaban J connectivity index is 1.52. The summed E-state index contributed by atoms with van der Waals surface area (Å²) in [6.07, 6.45) is 3.86. The van der Waals surface area contributed by atoms with Gasteiger partial charge < -0.3 is 19.1 Å². The molecule has 3 heterocycles. The minimum atomic E-state index is -0.151. The lowest BCUT2D eigenvalue weighted by atomic mass is 10.0. The van der Waals surface area contributed by atoms with Gasteiger partial charge in [0.2, 0.25) is 5.78 Å². The zero-order valence-corrected chi connectivity index (χ0v) is 16.9. The van der Waals surface area contributed by atoms with Crippen molar-refractivity contribution in [3.63, 3.8) is 0 Å². The molecular formula is C24H24N2O4. The van der Waals surface area contributed by atoms with Crippen molar-refractivity contribution in [2.45, 2.75) is 20.0 Å². The van der Waals surface area contributed by atoms with Gasteiger partial charge in [-0.05, 0) is 31.2 Å². The third kappa shape index (κ3) is 3.18. The molecule has 0 radical (unpaired) electrons. The van der Waals surface area contributed by atoms with E-state index >= 15 is 0 Å². The normalized spacial score (nSPS) is 18.2. The molecule has 154 valence electrons. The number of aromatic nitrogens is 1. The third-order valence-electron chi connectivity index (χ3n) is 5.85. The first-order chi connectivity index (χ1) is 14.7. The zero-order valence-electron chi connectivity index (χ0n) is 16.9. The highest BCUT2D eigenvalue weighted by atomic mass is 16.5. The Morgan fingerprint density at radius 3 is 2.73 bits per heavy atom. The molecule has 6 nitrogen and oxygen atoms in total. The van der Waals surface area contributed by atoms with Crippen LogP contribution in [-0.4, -0.2) is 46.7 Å². The predicted octanol–water partition coefficient (Wildman–Crippen LogP) is 3.82. The summed E-state index contributed by atoms with van der Waals surface area (Å²) >= 11 is 0. The van der Waals surface area contributed by atoms with E-state index < -0.39 is 0 Å². The molecule has 2 aliphatic heterocycles. The van der Waals surface area contributed by atoms with Crippen LogP contribution in [0.15, 0.2) is 48.4 Å². The van der Waals surface area contributed by atoms with Crippen molar-refractivity contribution in [1.82, 2.24) is 9.47 Å². The van der Waals surface area contributed by atoms with Crippen LogP contribution in [0.5, 0.6) is 11.5 Å². The molecule has 30 heavy (non-hydrogen) atoms. The summed E-state index contributed by atoms with van der Waals surface area (Å²) in [5, 5.41) is 11.6. The number of allylic oxidation sites excluding steroid dienone is 1. The maximum absolute atomic E-state index is 13.1. The van der Waals surface area contributed by atoms with E-state index in [0.717, 1.165) is 36.1 Å². The number of ether oxygens (including phenoxy) is 2. The highest BCUT2D eigenvalue weighted by Crippen LogP contribution is 2.40. The van der Waals surface area contributed by atoms with Gasteiger partial charge in [-0.2, -0.15) is 0 Å². The van der Waals surface area contributed by atoms with Crippen LogP contribution in [0, 0.1) is 0 Å². The number of hydrogen-bond acceptors (Lipinski definition) is 5. The number of aryl methyl sites for hydroxylation is 1. The van der Waals surface area contributed by atoms with Crippen LogP contribution in [0.2, 0.25) is 0 Å². The number of phenolic OH excluding ortho intramolecular Hbond substituents is 1. The summed E-state index contributed by atoms with van der Waals surface area (Å²) in [5.41, 5.74) is 3.23. The molecule has 0 spiro atoms. The lowest BCUT2D eigenvalue weighted by molar-refractivity contribution is 0.0336. The van der Waals surface area contributed by atoms with Crippen molar-refractivity contribution in [3.05, 3.63) is 65.0 Å². The molecule has 3 aromatic rings. The molecule has 1 aromatic heterocycles. The van der Waals surface area contributed by atoms with Crippen molar-refractivity contribution in [3.8, 4) is 11.5 Å². The van der Waals surface area contributed by atoms with Gasteiger partial charge in [0.05, 0.1) is 24.3 Å². The standard InChI is InChI=1S/C24H24N2O4/c1-2-26-14-16(17-5-3-4-6-20(17)26)13-22-23(28)18-7-8-21(27)19(24(18)30-22)15-25-9-11-29-12-10-25/h3-8,13-14,27H,2,9-12,15H2,1H3/b22-13-. The molecule has 0 atom stereocenters. The maximum atomic E-state index is 13.1. The van der Waals surface area contributed by atoms with Gasteiger partial charge in [-0.1, -0.05) is 18.2 Å². The third-order valence-corrected chi connectivity index (χ3v) is 5.85. The summed E-state index contributed by atoms with van der Waals surface area (Å²) in [7, 11) is 0. The van der Waals surface area contributed by atoms with Crippen molar-refractivity contribution in [2.75, 3.05) is 26.3 Å². The van der Waals surface area contributed by atoms with Gasteiger partial charge in [0.1, 0.15) is 11.5 Å². The monoisotopic (exact) mass is 404 g/mol. The largest absolute Gasteiger partial charge is 0.507 e. The summed E-state index contributed by atoms with van der Waals surface area (Å²) < 4.78 is 13.6. The molecule has 0 saturated carbocycles. The molecule has 2 aliphatic rings. The zero-order chi connectivity index (χ0) is 20.7. The first kappa shape index (κ1) is 18.9. The second-order valence-electron chi connectivity index (χ2n) is 7.66. The van der Waals surface area contributed by atoms with Crippen LogP contribution < -0.4 is 4.74 Å². The lowest BCUT2D eigenvalue weighted by Crippen LogP contribution is -2.35. The van der Waals surface area contributed by atoms with Gasteiger partial charge >= 0.3 is 0 Å². The van der Waals surface area contributed by atoms with Gasteiger partial charge in [-0.15, -0.1) is 0 Å². The van der Waals surface area contributed by atoms with Crippen molar-refractivity contribution in [1.29, 1.82) is 0 Å². The Hall–Kier alpha value is -3.09. The number of carbonyl (C=O) groups is 1. The number of hydrogen-bond donors (Lipinski definition) is 1. The van der Waals surface area contributed by atoms with E-state index in [1.807, 2.05) is 24.4 Å². The van der Waals surface area contributed by atoms with Gasteiger partial charge in [-0.3, -0.25) is 9.69 Å². The van der Waals surface area contributed by atoms with E-state index in [2.05, 4.69) is 28.5 Å². The van der Waals surface area contributed by atoms with Crippen LogP contribution >= 0.6 is 0 Å². The van der Waals surface area contributed by atoms with Gasteiger partial charge in [0.25, 0.3) is 0 Å². The molecule has 1 N–H and O–H groups in total. The van der Waals surface area contributed by atoms with E-state index in [9.17, 15) is 9.90 Å². The molecule has 1 saturated heterocycles. The van der Waals surface area contributed by atoms with Crippen LogP contribution in [0.4, 0.5) is 0 Å². The number of carbonyl (C=O) groups excluding carboxylic acids is 1. The fourth-order valence-electron chi connectivity index (χ4n) is 4.23. The highest BCUT2D eigenvalue weighted by molar-refractivity contribution is 6.15.